The van der Waals surface area contributed by atoms with E-state index in [1.165, 1.54) is 0 Å². The number of nitrogens with zero attached hydrogens (tertiary/aromatic N) is 1. The van der Waals surface area contributed by atoms with E-state index in [2.05, 4.69) is 29.4 Å². The quantitative estimate of drug-likeness (QED) is 0.720. The zero-order valence-corrected chi connectivity index (χ0v) is 17.4. The zero-order chi connectivity index (χ0) is 19.9. The molecule has 8 heteroatoms. The van der Waals surface area contributed by atoms with Crippen molar-refractivity contribution in [1.82, 2.24) is 15.5 Å². The van der Waals surface area contributed by atoms with Crippen molar-refractivity contribution in [3.63, 3.8) is 0 Å². The second kappa shape index (κ2) is 10.2. The third-order valence-electron chi connectivity index (χ3n) is 4.69. The number of fused-ring (bicyclic) bond motifs is 1. The van der Waals surface area contributed by atoms with Crippen molar-refractivity contribution in [3.05, 3.63) is 22.7 Å². The molecule has 2 N–H and O–H groups in total. The zero-order valence-electron chi connectivity index (χ0n) is 16.6. The molecule has 0 aliphatic carbocycles. The molecule has 1 atom stereocenters. The van der Waals surface area contributed by atoms with Crippen molar-refractivity contribution >= 4 is 17.6 Å². The largest absolute Gasteiger partial charge is 0.486 e. The van der Waals surface area contributed by atoms with Gasteiger partial charge in [-0.25, -0.2) is 4.79 Å². The molecule has 0 bridgehead atoms. The Morgan fingerprint density at radius 2 is 2.07 bits per heavy atom. The van der Waals surface area contributed by atoms with Crippen LogP contribution in [0, 0.1) is 5.92 Å². The minimum absolute atomic E-state index is 0.0369. The molecule has 156 valence electrons. The molecule has 0 radical (unpaired) electrons. The van der Waals surface area contributed by atoms with Crippen molar-refractivity contribution in [3.8, 4) is 11.5 Å². The van der Waals surface area contributed by atoms with Gasteiger partial charge in [0.1, 0.15) is 13.2 Å². The molecule has 2 heterocycles. The standard InChI is InChI=1S/C20H30ClN3O4/c1-14(2)12-24-5-6-26-16(13-24)11-23-20(25)22-4-3-15-9-17(21)19-18(10-15)27-7-8-28-19/h9-10,14,16H,3-8,11-13H2,1-2H3,(H2,22,23,25). The van der Waals surface area contributed by atoms with Gasteiger partial charge in [0, 0.05) is 32.7 Å². The second-order valence-electron chi connectivity index (χ2n) is 7.63. The van der Waals surface area contributed by atoms with E-state index in [1.54, 1.807) is 0 Å². The van der Waals surface area contributed by atoms with Crippen LogP contribution in [0.2, 0.25) is 5.02 Å². The third kappa shape index (κ3) is 6.15. The summed E-state index contributed by atoms with van der Waals surface area (Å²) >= 11 is 6.25. The Balaban J connectivity index is 1.37. The summed E-state index contributed by atoms with van der Waals surface area (Å²) < 4.78 is 16.9. The van der Waals surface area contributed by atoms with Crippen molar-refractivity contribution in [1.29, 1.82) is 0 Å². The summed E-state index contributed by atoms with van der Waals surface area (Å²) in [5.41, 5.74) is 0.995. The first-order chi connectivity index (χ1) is 13.5. The van der Waals surface area contributed by atoms with Crippen LogP contribution in [0.3, 0.4) is 0 Å². The van der Waals surface area contributed by atoms with Crippen LogP contribution in [-0.4, -0.2) is 69.6 Å². The number of urea groups is 1. The lowest BCUT2D eigenvalue weighted by Gasteiger charge is -2.33. The summed E-state index contributed by atoms with van der Waals surface area (Å²) in [5.74, 6) is 1.89. The molecule has 3 rings (SSSR count). The fourth-order valence-electron chi connectivity index (χ4n) is 3.48. The number of morpholine rings is 1. The van der Waals surface area contributed by atoms with Crippen LogP contribution >= 0.6 is 11.6 Å². The van der Waals surface area contributed by atoms with Crippen LogP contribution in [0.4, 0.5) is 4.79 Å². The number of amides is 2. The normalized spacial score (nSPS) is 19.5. The third-order valence-corrected chi connectivity index (χ3v) is 4.97. The van der Waals surface area contributed by atoms with Crippen LogP contribution in [0.15, 0.2) is 12.1 Å². The predicted molar refractivity (Wildman–Crippen MR) is 109 cm³/mol. The van der Waals surface area contributed by atoms with E-state index in [-0.39, 0.29) is 12.1 Å². The van der Waals surface area contributed by atoms with Gasteiger partial charge >= 0.3 is 6.03 Å². The summed E-state index contributed by atoms with van der Waals surface area (Å²) in [4.78, 5) is 14.5. The van der Waals surface area contributed by atoms with Crippen molar-refractivity contribution in [2.24, 2.45) is 5.92 Å². The maximum Gasteiger partial charge on any atom is 0.314 e. The Labute approximate surface area is 171 Å². The Morgan fingerprint density at radius 1 is 1.25 bits per heavy atom. The van der Waals surface area contributed by atoms with Gasteiger partial charge in [-0.3, -0.25) is 4.90 Å². The smallest absolute Gasteiger partial charge is 0.314 e. The van der Waals surface area contributed by atoms with E-state index in [1.807, 2.05) is 12.1 Å². The molecule has 1 unspecified atom stereocenters. The monoisotopic (exact) mass is 411 g/mol. The first-order valence-electron chi connectivity index (χ1n) is 9.95. The minimum atomic E-state index is -0.187. The average molecular weight is 412 g/mol. The van der Waals surface area contributed by atoms with Gasteiger partial charge in [-0.15, -0.1) is 0 Å². The fourth-order valence-corrected chi connectivity index (χ4v) is 3.77. The lowest BCUT2D eigenvalue weighted by molar-refractivity contribution is -0.0290. The number of halogens is 1. The summed E-state index contributed by atoms with van der Waals surface area (Å²) in [6.45, 7) is 10.1. The SMILES string of the molecule is CC(C)CN1CCOC(CNC(=O)NCCc2cc(Cl)c3c(c2)OCCO3)C1. The number of carbonyl (C=O) groups excluding carboxylic acids is 1. The maximum atomic E-state index is 12.1. The molecule has 1 aromatic carbocycles. The molecule has 0 saturated carbocycles. The Morgan fingerprint density at radius 3 is 2.89 bits per heavy atom. The maximum absolute atomic E-state index is 12.1. The molecule has 2 aliphatic rings. The number of hydrogen-bond acceptors (Lipinski definition) is 5. The van der Waals surface area contributed by atoms with Crippen molar-refractivity contribution in [2.45, 2.75) is 26.4 Å². The van der Waals surface area contributed by atoms with E-state index < -0.39 is 0 Å². The van der Waals surface area contributed by atoms with E-state index in [0.29, 0.717) is 61.8 Å². The molecule has 1 fully saturated rings. The number of hydrogen-bond donors (Lipinski definition) is 2. The lowest BCUT2D eigenvalue weighted by atomic mass is 10.1. The molecule has 2 aliphatic heterocycles. The van der Waals surface area contributed by atoms with Crippen LogP contribution in [-0.2, 0) is 11.2 Å². The number of ether oxygens (including phenoxy) is 3. The highest BCUT2D eigenvalue weighted by Crippen LogP contribution is 2.38. The van der Waals surface area contributed by atoms with Gasteiger partial charge in [0.25, 0.3) is 0 Å². The Hall–Kier alpha value is -1.70. The Bertz CT molecular complexity index is 671. The molecular formula is C20H30ClN3O4. The molecule has 7 nitrogen and oxygen atoms in total. The molecular weight excluding hydrogens is 382 g/mol. The highest BCUT2D eigenvalue weighted by atomic mass is 35.5. The second-order valence-corrected chi connectivity index (χ2v) is 8.04. The van der Waals surface area contributed by atoms with Crippen LogP contribution < -0.4 is 20.1 Å². The minimum Gasteiger partial charge on any atom is -0.486 e. The van der Waals surface area contributed by atoms with Gasteiger partial charge in [0.05, 0.1) is 17.7 Å². The average Bonchev–Trinajstić information content (AvgIpc) is 2.66. The highest BCUT2D eigenvalue weighted by molar-refractivity contribution is 6.32. The van der Waals surface area contributed by atoms with Crippen molar-refractivity contribution < 1.29 is 19.0 Å². The first kappa shape index (κ1) is 21.0. The van der Waals surface area contributed by atoms with Crippen LogP contribution in [0.25, 0.3) is 0 Å². The molecule has 0 spiro atoms. The summed E-state index contributed by atoms with van der Waals surface area (Å²) in [6, 6.07) is 3.58. The van der Waals surface area contributed by atoms with Gasteiger partial charge in [0.15, 0.2) is 11.5 Å². The van der Waals surface area contributed by atoms with E-state index >= 15 is 0 Å². The summed E-state index contributed by atoms with van der Waals surface area (Å²) in [6.07, 6.45) is 0.696. The molecule has 2 amide bonds. The van der Waals surface area contributed by atoms with Gasteiger partial charge in [-0.1, -0.05) is 25.4 Å². The van der Waals surface area contributed by atoms with Crippen LogP contribution in [0.5, 0.6) is 11.5 Å². The van der Waals surface area contributed by atoms with E-state index in [4.69, 9.17) is 25.8 Å². The van der Waals surface area contributed by atoms with Crippen molar-refractivity contribution in [2.75, 3.05) is 52.5 Å². The molecule has 28 heavy (non-hydrogen) atoms. The molecule has 0 aromatic heterocycles. The summed E-state index contributed by atoms with van der Waals surface area (Å²) in [7, 11) is 0. The summed E-state index contributed by atoms with van der Waals surface area (Å²) in [5, 5.41) is 6.32. The number of nitrogens with one attached hydrogen (secondary N) is 2. The number of benzene rings is 1. The highest BCUT2D eigenvalue weighted by Gasteiger charge is 2.21. The lowest BCUT2D eigenvalue weighted by Crippen LogP contribution is -2.49. The number of rotatable bonds is 7. The topological polar surface area (TPSA) is 72.1 Å². The Kier molecular flexibility index (Phi) is 7.65. The fraction of sp³-hybridized carbons (Fsp3) is 0.650. The molecule has 1 aromatic rings. The first-order valence-corrected chi connectivity index (χ1v) is 10.3. The van der Waals surface area contributed by atoms with Gasteiger partial charge in [0.2, 0.25) is 0 Å². The van der Waals surface area contributed by atoms with Crippen LogP contribution in [0.1, 0.15) is 19.4 Å². The van der Waals surface area contributed by atoms with E-state index in [0.717, 1.165) is 25.2 Å². The predicted octanol–water partition coefficient (Wildman–Crippen LogP) is 2.31. The van der Waals surface area contributed by atoms with Gasteiger partial charge < -0.3 is 24.8 Å². The molecule has 1 saturated heterocycles. The van der Waals surface area contributed by atoms with Gasteiger partial charge in [-0.2, -0.15) is 0 Å². The van der Waals surface area contributed by atoms with E-state index in [9.17, 15) is 4.79 Å². The van der Waals surface area contributed by atoms with Gasteiger partial charge in [-0.05, 0) is 30.0 Å². The number of carbonyl (C=O) groups is 1.